The van der Waals surface area contributed by atoms with E-state index >= 15 is 0 Å². The van der Waals surface area contributed by atoms with Gasteiger partial charge in [-0.2, -0.15) is 0 Å². The topological polar surface area (TPSA) is 101 Å². The molecule has 6 N–H and O–H groups in total. The first-order chi connectivity index (χ1) is 12.0. The smallest absolute Gasteiger partial charge is 0.143 e. The zero-order valence-corrected chi connectivity index (χ0v) is 15.0. The zero-order valence-electron chi connectivity index (χ0n) is 13.4. The lowest BCUT2D eigenvalue weighted by molar-refractivity contribution is 1.02. The number of pyridine rings is 1. The molecule has 0 aliphatic heterocycles. The molecule has 1 aliphatic rings. The summed E-state index contributed by atoms with van der Waals surface area (Å²) in [6.45, 7) is 0. The highest BCUT2D eigenvalue weighted by Gasteiger charge is 2.11. The lowest BCUT2D eigenvalue weighted by Crippen LogP contribution is -2.16. The number of benzene rings is 1. The monoisotopic (exact) mass is 371 g/mol. The minimum atomic E-state index is -0.167. The van der Waals surface area contributed by atoms with Crippen LogP contribution in [0.3, 0.4) is 0 Å². The van der Waals surface area contributed by atoms with Crippen LogP contribution in [0.2, 0.25) is 5.02 Å². The summed E-state index contributed by atoms with van der Waals surface area (Å²) >= 11 is 8.02. The van der Waals surface area contributed by atoms with Gasteiger partial charge in [0.15, 0.2) is 0 Å². The van der Waals surface area contributed by atoms with Crippen molar-refractivity contribution >= 4 is 40.8 Å². The van der Waals surface area contributed by atoms with Crippen LogP contribution in [-0.2, 0) is 0 Å². The number of aromatic nitrogens is 1. The van der Waals surface area contributed by atoms with Crippen LogP contribution in [-0.4, -0.2) is 10.8 Å². The molecule has 128 valence electrons. The summed E-state index contributed by atoms with van der Waals surface area (Å²) in [6.07, 6.45) is 8.46. The first-order valence-electron chi connectivity index (χ1n) is 7.74. The number of hydrogen-bond acceptors (Lipinski definition) is 5. The predicted octanol–water partition coefficient (Wildman–Crippen LogP) is 4.56. The van der Waals surface area contributed by atoms with E-state index in [1.54, 1.807) is 24.1 Å². The summed E-state index contributed by atoms with van der Waals surface area (Å²) in [5.74, 6) is -0.167. The highest BCUT2D eigenvalue weighted by molar-refractivity contribution is 8.04. The van der Waals surface area contributed by atoms with Gasteiger partial charge >= 0.3 is 0 Å². The van der Waals surface area contributed by atoms with Crippen molar-refractivity contribution in [3.63, 3.8) is 0 Å². The van der Waals surface area contributed by atoms with Gasteiger partial charge in [-0.25, -0.2) is 4.98 Å². The molecule has 0 radical (unpaired) electrons. The predicted molar refractivity (Wildman–Crippen MR) is 108 cm³/mol. The number of halogens is 1. The van der Waals surface area contributed by atoms with Crippen molar-refractivity contribution in [2.45, 2.75) is 12.8 Å². The molecule has 1 aromatic heterocycles. The molecule has 1 aromatic carbocycles. The molecule has 0 saturated heterocycles. The Kier molecular flexibility index (Phi) is 5.31. The standard InChI is InChI=1S/C18H18ClN5S/c19-14-10-11(24-25-12-4-2-1-3-5-12)6-7-13(14)16-9-8-15(20)17(23-16)18(21)22/h1-2,4,6-10,24H,3,5,20H2,(H3,21,22). The van der Waals surface area contributed by atoms with Gasteiger partial charge in [-0.15, -0.1) is 0 Å². The third-order valence-corrected chi connectivity index (χ3v) is 4.96. The van der Waals surface area contributed by atoms with E-state index in [0.717, 1.165) is 24.1 Å². The number of amidine groups is 1. The first-order valence-corrected chi connectivity index (χ1v) is 8.93. The minimum absolute atomic E-state index is 0.167. The van der Waals surface area contributed by atoms with Crippen LogP contribution in [0.15, 0.2) is 53.5 Å². The Labute approximate surface area is 155 Å². The van der Waals surface area contributed by atoms with Crippen LogP contribution < -0.4 is 16.2 Å². The van der Waals surface area contributed by atoms with Crippen molar-refractivity contribution in [2.75, 3.05) is 10.5 Å². The summed E-state index contributed by atoms with van der Waals surface area (Å²) in [7, 11) is 0. The molecule has 1 heterocycles. The highest BCUT2D eigenvalue weighted by atomic mass is 35.5. The Hall–Kier alpha value is -2.44. The van der Waals surface area contributed by atoms with Crippen molar-refractivity contribution < 1.29 is 0 Å². The molecule has 1 aliphatic carbocycles. The summed E-state index contributed by atoms with van der Waals surface area (Å²) in [6, 6.07) is 9.14. The van der Waals surface area contributed by atoms with Crippen LogP contribution in [0.1, 0.15) is 18.5 Å². The second kappa shape index (κ2) is 7.63. The average Bonchev–Trinajstić information content (AvgIpc) is 2.61. The summed E-state index contributed by atoms with van der Waals surface area (Å²) in [4.78, 5) is 5.64. The number of nitrogens with two attached hydrogens (primary N) is 2. The van der Waals surface area contributed by atoms with Gasteiger partial charge in [0.25, 0.3) is 0 Å². The van der Waals surface area contributed by atoms with Gasteiger partial charge in [-0.3, -0.25) is 5.41 Å². The number of nitrogens with one attached hydrogen (secondary N) is 2. The number of hydrogen-bond donors (Lipinski definition) is 4. The molecule has 0 saturated carbocycles. The maximum atomic E-state index is 7.55. The molecule has 0 amide bonds. The molecule has 2 aromatic rings. The van der Waals surface area contributed by atoms with E-state index in [0.29, 0.717) is 16.4 Å². The Morgan fingerprint density at radius 2 is 2.12 bits per heavy atom. The molecular formula is C18H18ClN5S. The molecule has 3 rings (SSSR count). The molecule has 0 unspecified atom stereocenters. The van der Waals surface area contributed by atoms with Crippen molar-refractivity contribution in [2.24, 2.45) is 5.73 Å². The lowest BCUT2D eigenvalue weighted by Gasteiger charge is -2.12. The third kappa shape index (κ3) is 4.15. The maximum absolute atomic E-state index is 7.55. The fraction of sp³-hybridized carbons (Fsp3) is 0.111. The second-order valence-electron chi connectivity index (χ2n) is 5.55. The van der Waals surface area contributed by atoms with Crippen LogP contribution >= 0.6 is 23.5 Å². The lowest BCUT2D eigenvalue weighted by atomic mass is 10.1. The number of allylic oxidation sites excluding steroid dienone is 4. The minimum Gasteiger partial charge on any atom is -0.397 e. The Bertz CT molecular complexity index is 876. The number of anilines is 2. The average molecular weight is 372 g/mol. The van der Waals surface area contributed by atoms with Crippen LogP contribution in [0.4, 0.5) is 11.4 Å². The fourth-order valence-electron chi connectivity index (χ4n) is 2.41. The van der Waals surface area contributed by atoms with Crippen LogP contribution in [0, 0.1) is 5.41 Å². The van der Waals surface area contributed by atoms with E-state index in [-0.39, 0.29) is 11.5 Å². The van der Waals surface area contributed by atoms with E-state index in [2.05, 4.69) is 27.9 Å². The van der Waals surface area contributed by atoms with Crippen LogP contribution in [0.5, 0.6) is 0 Å². The van der Waals surface area contributed by atoms with Gasteiger partial charge in [0.2, 0.25) is 0 Å². The van der Waals surface area contributed by atoms with E-state index < -0.39 is 0 Å². The normalized spacial score (nSPS) is 13.4. The van der Waals surface area contributed by atoms with Crippen molar-refractivity contribution in [3.05, 3.63) is 64.2 Å². The Balaban J connectivity index is 1.80. The fourth-order valence-corrected chi connectivity index (χ4v) is 3.43. The third-order valence-electron chi connectivity index (χ3n) is 3.70. The van der Waals surface area contributed by atoms with E-state index in [4.69, 9.17) is 28.5 Å². The summed E-state index contributed by atoms with van der Waals surface area (Å²) in [5.41, 5.74) is 14.3. The molecule has 5 nitrogen and oxygen atoms in total. The molecule has 0 atom stereocenters. The number of nitrogen functional groups attached to an aromatic ring is 2. The zero-order chi connectivity index (χ0) is 17.8. The van der Waals surface area contributed by atoms with Gasteiger partial charge in [0.1, 0.15) is 11.5 Å². The first kappa shape index (κ1) is 17.4. The molecule has 25 heavy (non-hydrogen) atoms. The molecule has 0 spiro atoms. The van der Waals surface area contributed by atoms with Crippen molar-refractivity contribution in [3.8, 4) is 11.3 Å². The summed E-state index contributed by atoms with van der Waals surface area (Å²) in [5, 5.41) is 8.12. The Morgan fingerprint density at radius 1 is 1.28 bits per heavy atom. The quantitative estimate of drug-likeness (QED) is 0.350. The molecular weight excluding hydrogens is 354 g/mol. The SMILES string of the molecule is N=C(N)c1nc(-c2ccc(NSC3=CC=CCC3)cc2Cl)ccc1N. The van der Waals surface area contributed by atoms with E-state index in [9.17, 15) is 0 Å². The summed E-state index contributed by atoms with van der Waals surface area (Å²) < 4.78 is 3.31. The van der Waals surface area contributed by atoms with Gasteiger partial charge in [0.05, 0.1) is 16.4 Å². The highest BCUT2D eigenvalue weighted by Crippen LogP contribution is 2.32. The number of nitrogens with zero attached hydrogens (tertiary/aromatic N) is 1. The number of rotatable bonds is 5. The van der Waals surface area contributed by atoms with E-state index in [1.165, 1.54) is 4.91 Å². The van der Waals surface area contributed by atoms with Crippen molar-refractivity contribution in [1.82, 2.24) is 4.98 Å². The molecule has 7 heteroatoms. The van der Waals surface area contributed by atoms with Gasteiger partial charge in [-0.1, -0.05) is 29.8 Å². The second-order valence-corrected chi connectivity index (χ2v) is 6.89. The maximum Gasteiger partial charge on any atom is 0.143 e. The van der Waals surface area contributed by atoms with Gasteiger partial charge in [0, 0.05) is 16.2 Å². The van der Waals surface area contributed by atoms with Crippen molar-refractivity contribution in [1.29, 1.82) is 5.41 Å². The molecule has 0 fully saturated rings. The largest absolute Gasteiger partial charge is 0.397 e. The van der Waals surface area contributed by atoms with E-state index in [1.807, 2.05) is 18.2 Å². The van der Waals surface area contributed by atoms with Gasteiger partial charge in [-0.05, 0) is 55.1 Å². The van der Waals surface area contributed by atoms with Crippen LogP contribution in [0.25, 0.3) is 11.3 Å². The molecule has 0 bridgehead atoms. The van der Waals surface area contributed by atoms with Gasteiger partial charge < -0.3 is 16.2 Å². The Morgan fingerprint density at radius 3 is 2.80 bits per heavy atom.